The van der Waals surface area contributed by atoms with Gasteiger partial charge in [-0.3, -0.25) is 0 Å². The highest BCUT2D eigenvalue weighted by Gasteiger charge is 2.24. The second kappa shape index (κ2) is 9.04. The van der Waals surface area contributed by atoms with Gasteiger partial charge in [-0.15, -0.1) is 0 Å². The van der Waals surface area contributed by atoms with Crippen LogP contribution in [-0.4, -0.2) is 24.0 Å². The van der Waals surface area contributed by atoms with Gasteiger partial charge in [0.2, 0.25) is 0 Å². The standard InChI is InChI=1S/C13H27N.C2H6/c1-5-6-12(4)13-7-9-14(10-8-13)11(2)3;1-2/h11-13H,5-10H2,1-4H3;1-2H3. The van der Waals surface area contributed by atoms with E-state index in [4.69, 9.17) is 0 Å². The predicted octanol–water partition coefficient (Wildman–Crippen LogP) is 4.57. The molecule has 1 rings (SSSR count). The maximum absolute atomic E-state index is 2.62. The van der Waals surface area contributed by atoms with Crippen LogP contribution in [0.15, 0.2) is 0 Å². The lowest BCUT2D eigenvalue weighted by Crippen LogP contribution is -2.39. The van der Waals surface area contributed by atoms with E-state index in [1.807, 2.05) is 13.8 Å². The van der Waals surface area contributed by atoms with Gasteiger partial charge in [0.15, 0.2) is 0 Å². The third-order valence-electron chi connectivity index (χ3n) is 3.85. The van der Waals surface area contributed by atoms with E-state index in [0.29, 0.717) is 0 Å². The highest BCUT2D eigenvalue weighted by atomic mass is 15.1. The Labute approximate surface area is 104 Å². The second-order valence-corrected chi connectivity index (χ2v) is 5.23. The van der Waals surface area contributed by atoms with Crippen molar-refractivity contribution in [2.45, 2.75) is 73.3 Å². The molecule has 1 unspecified atom stereocenters. The van der Waals surface area contributed by atoms with E-state index >= 15 is 0 Å². The number of hydrogen-bond donors (Lipinski definition) is 0. The normalized spacial score (nSPS) is 20.4. The Balaban J connectivity index is 0.00000106. The topological polar surface area (TPSA) is 3.24 Å². The Hall–Kier alpha value is -0.0400. The van der Waals surface area contributed by atoms with Crippen LogP contribution >= 0.6 is 0 Å². The van der Waals surface area contributed by atoms with Gasteiger partial charge < -0.3 is 4.90 Å². The summed E-state index contributed by atoms with van der Waals surface area (Å²) in [6, 6.07) is 0.748. The number of rotatable bonds is 4. The van der Waals surface area contributed by atoms with Gasteiger partial charge in [0.25, 0.3) is 0 Å². The van der Waals surface area contributed by atoms with Gasteiger partial charge in [0, 0.05) is 6.04 Å². The van der Waals surface area contributed by atoms with E-state index in [2.05, 4.69) is 32.6 Å². The van der Waals surface area contributed by atoms with Crippen molar-refractivity contribution in [2.75, 3.05) is 13.1 Å². The maximum Gasteiger partial charge on any atom is 0.00385 e. The lowest BCUT2D eigenvalue weighted by atomic mass is 9.83. The molecule has 1 aliphatic heterocycles. The average molecular weight is 227 g/mol. The third-order valence-corrected chi connectivity index (χ3v) is 3.85. The molecule has 0 aromatic heterocycles. The molecule has 0 radical (unpaired) electrons. The summed E-state index contributed by atoms with van der Waals surface area (Å²) < 4.78 is 0. The van der Waals surface area contributed by atoms with Crippen LogP contribution in [0.1, 0.15) is 67.2 Å². The molecule has 1 saturated heterocycles. The zero-order valence-corrected chi connectivity index (χ0v) is 12.4. The van der Waals surface area contributed by atoms with Crippen LogP contribution in [0.4, 0.5) is 0 Å². The molecule has 0 aromatic rings. The predicted molar refractivity (Wildman–Crippen MR) is 74.9 cm³/mol. The molecule has 0 amide bonds. The molecular weight excluding hydrogens is 194 g/mol. The van der Waals surface area contributed by atoms with Gasteiger partial charge in [0.05, 0.1) is 0 Å². The summed E-state index contributed by atoms with van der Waals surface area (Å²) >= 11 is 0. The number of nitrogens with zero attached hydrogens (tertiary/aromatic N) is 1. The fourth-order valence-corrected chi connectivity index (χ4v) is 2.70. The van der Waals surface area contributed by atoms with Gasteiger partial charge in [-0.05, 0) is 51.6 Å². The van der Waals surface area contributed by atoms with E-state index in [0.717, 1.165) is 17.9 Å². The minimum atomic E-state index is 0.748. The first kappa shape index (κ1) is 16.0. The molecule has 1 aliphatic rings. The third kappa shape index (κ3) is 5.34. The van der Waals surface area contributed by atoms with Crippen LogP contribution in [0.2, 0.25) is 0 Å². The average Bonchev–Trinajstić information content (AvgIpc) is 2.32. The molecule has 1 nitrogen and oxygen atoms in total. The van der Waals surface area contributed by atoms with Gasteiger partial charge in [0.1, 0.15) is 0 Å². The van der Waals surface area contributed by atoms with Crippen LogP contribution < -0.4 is 0 Å². The molecule has 0 aliphatic carbocycles. The van der Waals surface area contributed by atoms with Crippen molar-refractivity contribution in [3.63, 3.8) is 0 Å². The Kier molecular flexibility index (Phi) is 9.02. The Morgan fingerprint density at radius 3 is 1.94 bits per heavy atom. The minimum absolute atomic E-state index is 0.748. The van der Waals surface area contributed by atoms with E-state index in [9.17, 15) is 0 Å². The molecule has 0 bridgehead atoms. The molecular formula is C15H33N. The fourth-order valence-electron chi connectivity index (χ4n) is 2.70. The zero-order chi connectivity index (χ0) is 12.6. The number of piperidine rings is 1. The summed E-state index contributed by atoms with van der Waals surface area (Å²) in [4.78, 5) is 2.62. The van der Waals surface area contributed by atoms with Crippen molar-refractivity contribution >= 4 is 0 Å². The highest BCUT2D eigenvalue weighted by molar-refractivity contribution is 4.77. The first-order chi connectivity index (χ1) is 7.65. The van der Waals surface area contributed by atoms with E-state index in [-0.39, 0.29) is 0 Å². The molecule has 1 atom stereocenters. The molecule has 0 saturated carbocycles. The van der Waals surface area contributed by atoms with Gasteiger partial charge >= 0.3 is 0 Å². The summed E-state index contributed by atoms with van der Waals surface area (Å²) in [5, 5.41) is 0. The van der Waals surface area contributed by atoms with Crippen LogP contribution in [0, 0.1) is 11.8 Å². The first-order valence-corrected chi connectivity index (χ1v) is 7.39. The quantitative estimate of drug-likeness (QED) is 0.680. The number of likely N-dealkylation sites (tertiary alicyclic amines) is 1. The van der Waals surface area contributed by atoms with Crippen LogP contribution in [0.5, 0.6) is 0 Å². The molecule has 98 valence electrons. The Morgan fingerprint density at radius 2 is 1.56 bits per heavy atom. The molecule has 0 spiro atoms. The van der Waals surface area contributed by atoms with E-state index in [1.165, 1.54) is 38.8 Å². The van der Waals surface area contributed by atoms with Gasteiger partial charge in [-0.2, -0.15) is 0 Å². The van der Waals surface area contributed by atoms with Crippen molar-refractivity contribution in [1.29, 1.82) is 0 Å². The smallest absolute Gasteiger partial charge is 0.00385 e. The largest absolute Gasteiger partial charge is 0.301 e. The zero-order valence-electron chi connectivity index (χ0n) is 12.4. The van der Waals surface area contributed by atoms with E-state index in [1.54, 1.807) is 0 Å². The Bertz CT molecular complexity index is 146. The maximum atomic E-state index is 2.62. The summed E-state index contributed by atoms with van der Waals surface area (Å²) in [7, 11) is 0. The van der Waals surface area contributed by atoms with E-state index < -0.39 is 0 Å². The van der Waals surface area contributed by atoms with Crippen molar-refractivity contribution in [1.82, 2.24) is 4.90 Å². The first-order valence-electron chi connectivity index (χ1n) is 7.39. The van der Waals surface area contributed by atoms with Crippen LogP contribution in [-0.2, 0) is 0 Å². The van der Waals surface area contributed by atoms with Crippen molar-refractivity contribution < 1.29 is 0 Å². The van der Waals surface area contributed by atoms with Crippen LogP contribution in [0.25, 0.3) is 0 Å². The molecule has 0 aromatic carbocycles. The lowest BCUT2D eigenvalue weighted by Gasteiger charge is -2.37. The molecule has 0 N–H and O–H groups in total. The van der Waals surface area contributed by atoms with Crippen molar-refractivity contribution in [3.8, 4) is 0 Å². The van der Waals surface area contributed by atoms with Crippen molar-refractivity contribution in [3.05, 3.63) is 0 Å². The Morgan fingerprint density at radius 1 is 1.06 bits per heavy atom. The second-order valence-electron chi connectivity index (χ2n) is 5.23. The van der Waals surface area contributed by atoms with Gasteiger partial charge in [-0.1, -0.05) is 40.5 Å². The van der Waals surface area contributed by atoms with Gasteiger partial charge in [-0.25, -0.2) is 0 Å². The highest BCUT2D eigenvalue weighted by Crippen LogP contribution is 2.28. The summed E-state index contributed by atoms with van der Waals surface area (Å²) in [5.41, 5.74) is 0. The molecule has 1 heterocycles. The fraction of sp³-hybridized carbons (Fsp3) is 1.00. The monoisotopic (exact) mass is 227 g/mol. The van der Waals surface area contributed by atoms with Crippen LogP contribution in [0.3, 0.4) is 0 Å². The summed E-state index contributed by atoms with van der Waals surface area (Å²) in [5.74, 6) is 1.96. The summed E-state index contributed by atoms with van der Waals surface area (Å²) in [6.07, 6.45) is 5.64. The molecule has 1 fully saturated rings. The molecule has 1 heteroatoms. The number of hydrogen-bond acceptors (Lipinski definition) is 1. The SMILES string of the molecule is CC.CCCC(C)C1CCN(C(C)C)CC1. The molecule has 16 heavy (non-hydrogen) atoms. The minimum Gasteiger partial charge on any atom is -0.301 e. The van der Waals surface area contributed by atoms with Crippen molar-refractivity contribution in [2.24, 2.45) is 11.8 Å². The lowest BCUT2D eigenvalue weighted by molar-refractivity contribution is 0.122. The summed E-state index contributed by atoms with van der Waals surface area (Å²) in [6.45, 7) is 16.0.